The minimum Gasteiger partial charge on any atom is -0.491 e. The van der Waals surface area contributed by atoms with Crippen molar-refractivity contribution in [2.75, 3.05) is 0 Å². The summed E-state index contributed by atoms with van der Waals surface area (Å²) in [6, 6.07) is 0. The predicted molar refractivity (Wildman–Crippen MR) is 32.1 cm³/mol. The smallest absolute Gasteiger partial charge is 0 e. The van der Waals surface area contributed by atoms with Crippen LogP contribution in [-0.2, 0) is 32.7 Å². The van der Waals surface area contributed by atoms with Crippen molar-refractivity contribution in [1.82, 2.24) is 0 Å². The van der Waals surface area contributed by atoms with Gasteiger partial charge in [-0.3, -0.25) is 0 Å². The van der Waals surface area contributed by atoms with Crippen molar-refractivity contribution in [3.63, 3.8) is 0 Å². The van der Waals surface area contributed by atoms with Crippen LogP contribution < -0.4 is 0 Å². The zero-order chi connectivity index (χ0) is 3.58. The van der Waals surface area contributed by atoms with E-state index in [1.54, 1.807) is 0 Å². The summed E-state index contributed by atoms with van der Waals surface area (Å²) in [6.07, 6.45) is 0. The summed E-state index contributed by atoms with van der Waals surface area (Å²) in [5, 5.41) is 0. The number of hydrogen-bond donors (Lipinski definition) is 0. The third-order valence-corrected chi connectivity index (χ3v) is 0. The average molecular weight is 289 g/mol. The molecule has 0 saturated heterocycles. The molecular formula is C3H4Br2Y-2. The first-order valence-corrected chi connectivity index (χ1v) is 2.25. The first-order valence-electron chi connectivity index (χ1n) is 0.667. The molecule has 0 aliphatic heterocycles. The summed E-state index contributed by atoms with van der Waals surface area (Å²) < 4.78 is 0.542. The van der Waals surface area contributed by atoms with Gasteiger partial charge in [-0.15, -0.1) is 3.39 Å². The Kier molecular flexibility index (Phi) is 25.9. The Morgan fingerprint density at radius 1 is 1.33 bits per heavy atom. The van der Waals surface area contributed by atoms with Crippen LogP contribution >= 0.6 is 31.9 Å². The summed E-state index contributed by atoms with van der Waals surface area (Å²) >= 11 is 5.76. The van der Waals surface area contributed by atoms with Gasteiger partial charge >= 0.3 is 0 Å². The van der Waals surface area contributed by atoms with Gasteiger partial charge in [-0.2, -0.15) is 0 Å². The fraction of sp³-hybridized carbons (Fsp3) is 0. The quantitative estimate of drug-likeness (QED) is 0.601. The largest absolute Gasteiger partial charge is 0.491 e. The Morgan fingerprint density at radius 3 is 1.33 bits per heavy atom. The van der Waals surface area contributed by atoms with E-state index in [2.05, 4.69) is 31.9 Å². The molecule has 0 fully saturated rings. The molecular weight excluding hydrogens is 285 g/mol. The van der Waals surface area contributed by atoms with Crippen LogP contribution in [0.5, 0.6) is 0 Å². The fourth-order valence-electron chi connectivity index (χ4n) is 0. The molecule has 0 spiro atoms. The topological polar surface area (TPSA) is 0 Å². The van der Waals surface area contributed by atoms with Gasteiger partial charge in [-0.1, -0.05) is 31.9 Å². The SMILES string of the molecule is [CH-]=C(Br)Br.[CH3-].[Y]. The van der Waals surface area contributed by atoms with Gasteiger partial charge in [0.1, 0.15) is 0 Å². The van der Waals surface area contributed by atoms with Gasteiger partial charge in [0.2, 0.25) is 0 Å². The minimum absolute atomic E-state index is 0. The van der Waals surface area contributed by atoms with Crippen LogP contribution in [0.2, 0.25) is 0 Å². The molecule has 0 saturated carbocycles. The van der Waals surface area contributed by atoms with Crippen LogP contribution in [0.3, 0.4) is 0 Å². The molecule has 0 unspecified atom stereocenters. The van der Waals surface area contributed by atoms with Crippen LogP contribution in [0.25, 0.3) is 0 Å². The molecule has 0 amide bonds. The zero-order valence-corrected chi connectivity index (χ0v) is 9.42. The van der Waals surface area contributed by atoms with Gasteiger partial charge in [0.15, 0.2) is 0 Å². The predicted octanol–water partition coefficient (Wildman–Crippen LogP) is 2.50. The molecule has 0 nitrogen and oxygen atoms in total. The molecule has 0 aromatic carbocycles. The fourth-order valence-corrected chi connectivity index (χ4v) is 0. The molecule has 0 atom stereocenters. The second kappa shape index (κ2) is 9.93. The van der Waals surface area contributed by atoms with E-state index in [0.29, 0.717) is 3.39 Å². The van der Waals surface area contributed by atoms with Gasteiger partial charge in [0.05, 0.1) is 0 Å². The van der Waals surface area contributed by atoms with Gasteiger partial charge in [0, 0.05) is 32.7 Å². The Morgan fingerprint density at radius 2 is 1.33 bits per heavy atom. The summed E-state index contributed by atoms with van der Waals surface area (Å²) in [7, 11) is 0. The molecule has 6 heavy (non-hydrogen) atoms. The van der Waals surface area contributed by atoms with E-state index in [0.717, 1.165) is 0 Å². The van der Waals surface area contributed by atoms with Crippen LogP contribution in [0.4, 0.5) is 0 Å². The normalized spacial score (nSPS) is 4.33. The van der Waals surface area contributed by atoms with Crippen molar-refractivity contribution < 1.29 is 32.7 Å². The van der Waals surface area contributed by atoms with E-state index in [9.17, 15) is 0 Å². The Hall–Kier alpha value is 1.80. The molecule has 1 radical (unpaired) electrons. The van der Waals surface area contributed by atoms with Gasteiger partial charge in [-0.25, -0.2) is 0 Å². The van der Waals surface area contributed by atoms with Crippen LogP contribution in [0, 0.1) is 14.0 Å². The van der Waals surface area contributed by atoms with E-state index in [1.807, 2.05) is 0 Å². The Labute approximate surface area is 80.9 Å². The number of rotatable bonds is 0. The van der Waals surface area contributed by atoms with Gasteiger partial charge in [-0.05, 0) is 0 Å². The summed E-state index contributed by atoms with van der Waals surface area (Å²) in [6.45, 7) is 4.86. The van der Waals surface area contributed by atoms with Gasteiger partial charge in [0.25, 0.3) is 0 Å². The molecule has 0 bridgehead atoms. The number of halogens is 2. The van der Waals surface area contributed by atoms with E-state index in [4.69, 9.17) is 6.58 Å². The third-order valence-electron chi connectivity index (χ3n) is 0. The number of hydrogen-bond acceptors (Lipinski definition) is 0. The average Bonchev–Trinajstić information content (AvgIpc) is 0.811. The minimum atomic E-state index is 0. The Balaban J connectivity index is -0.0000000450. The molecule has 0 aromatic rings. The van der Waals surface area contributed by atoms with Crippen LogP contribution in [0.15, 0.2) is 3.39 Å². The maximum Gasteiger partial charge on any atom is 0 e. The summed E-state index contributed by atoms with van der Waals surface area (Å²) in [4.78, 5) is 0. The molecule has 0 aliphatic carbocycles. The molecule has 0 aromatic heterocycles. The second-order valence-corrected chi connectivity index (χ2v) is 3.06. The molecule has 0 heterocycles. The molecule has 0 rings (SSSR count). The summed E-state index contributed by atoms with van der Waals surface area (Å²) in [5.74, 6) is 0. The molecule has 35 valence electrons. The van der Waals surface area contributed by atoms with Crippen molar-refractivity contribution in [2.24, 2.45) is 0 Å². The van der Waals surface area contributed by atoms with Gasteiger partial charge < -0.3 is 14.0 Å². The van der Waals surface area contributed by atoms with E-state index in [-0.39, 0.29) is 40.1 Å². The molecule has 0 aliphatic rings. The van der Waals surface area contributed by atoms with E-state index >= 15 is 0 Å². The van der Waals surface area contributed by atoms with E-state index in [1.165, 1.54) is 0 Å². The molecule has 3 heteroatoms. The van der Waals surface area contributed by atoms with Crippen LogP contribution in [-0.4, -0.2) is 0 Å². The standard InChI is InChI=1S/C2HBr2.CH3.Y/c1-2(3)4;;/h1H;1H3;/q2*-1;. The van der Waals surface area contributed by atoms with Crippen molar-refractivity contribution in [3.8, 4) is 0 Å². The van der Waals surface area contributed by atoms with E-state index < -0.39 is 0 Å². The maximum atomic E-state index is 4.86. The summed E-state index contributed by atoms with van der Waals surface area (Å²) in [5.41, 5.74) is 0. The third kappa shape index (κ3) is 41.2. The second-order valence-electron chi connectivity index (χ2n) is 0.290. The first-order chi connectivity index (χ1) is 1.73. The van der Waals surface area contributed by atoms with Crippen LogP contribution in [0.1, 0.15) is 0 Å². The maximum absolute atomic E-state index is 4.86. The van der Waals surface area contributed by atoms with Crippen molar-refractivity contribution in [3.05, 3.63) is 17.4 Å². The van der Waals surface area contributed by atoms with Crippen molar-refractivity contribution >= 4 is 31.9 Å². The first kappa shape index (κ1) is 15.7. The van der Waals surface area contributed by atoms with Crippen molar-refractivity contribution in [2.45, 2.75) is 0 Å². The monoisotopic (exact) mass is 287 g/mol. The molecule has 0 N–H and O–H groups in total. The van der Waals surface area contributed by atoms with Crippen molar-refractivity contribution in [1.29, 1.82) is 0 Å². The Bertz CT molecular complexity index is 31.8. The zero-order valence-electron chi connectivity index (χ0n) is 3.41.